The van der Waals surface area contributed by atoms with E-state index >= 15 is 0 Å². The van der Waals surface area contributed by atoms with Gasteiger partial charge in [-0.25, -0.2) is 4.98 Å². The van der Waals surface area contributed by atoms with E-state index in [1.807, 2.05) is 12.3 Å². The van der Waals surface area contributed by atoms with Crippen LogP contribution in [0.15, 0.2) is 34.1 Å². The van der Waals surface area contributed by atoms with E-state index in [2.05, 4.69) is 42.3 Å². The third kappa shape index (κ3) is 4.08. The van der Waals surface area contributed by atoms with Crippen LogP contribution in [-0.4, -0.2) is 16.6 Å². The van der Waals surface area contributed by atoms with Gasteiger partial charge in [0, 0.05) is 11.6 Å². The summed E-state index contributed by atoms with van der Waals surface area (Å²) < 4.78 is 0.930. The fourth-order valence-electron chi connectivity index (χ4n) is 1.81. The van der Waals surface area contributed by atoms with Gasteiger partial charge < -0.3 is 5.32 Å². The summed E-state index contributed by atoms with van der Waals surface area (Å²) in [5.41, 5.74) is 3.66. The molecule has 0 bridgehead atoms. The zero-order valence-electron chi connectivity index (χ0n) is 11.8. The van der Waals surface area contributed by atoms with Crippen LogP contribution < -0.4 is 5.32 Å². The van der Waals surface area contributed by atoms with Crippen molar-refractivity contribution in [3.05, 3.63) is 46.5 Å². The first-order valence-electron chi connectivity index (χ1n) is 6.45. The van der Waals surface area contributed by atoms with Crippen LogP contribution >= 0.6 is 23.1 Å². The Kier molecular flexibility index (Phi) is 5.20. The zero-order chi connectivity index (χ0) is 14.5. The molecular formula is C15H18N2OS2. The SMILES string of the molecule is Cc1ccc(C(C)NC(=O)CSc2nccs2)cc1C. The number of amides is 1. The first kappa shape index (κ1) is 15.1. The van der Waals surface area contributed by atoms with Crippen molar-refractivity contribution < 1.29 is 4.79 Å². The fraction of sp³-hybridized carbons (Fsp3) is 0.333. The summed E-state index contributed by atoms with van der Waals surface area (Å²) in [5, 5.41) is 4.94. The maximum Gasteiger partial charge on any atom is 0.230 e. The molecule has 0 fully saturated rings. The Morgan fingerprint density at radius 1 is 1.40 bits per heavy atom. The van der Waals surface area contributed by atoms with Gasteiger partial charge in [0.2, 0.25) is 5.91 Å². The molecule has 0 saturated heterocycles. The summed E-state index contributed by atoms with van der Waals surface area (Å²) in [5.74, 6) is 0.443. The van der Waals surface area contributed by atoms with Crippen molar-refractivity contribution in [2.45, 2.75) is 31.2 Å². The van der Waals surface area contributed by atoms with Crippen molar-refractivity contribution in [1.29, 1.82) is 0 Å². The molecule has 0 spiro atoms. The Bertz CT molecular complexity index is 582. The molecule has 2 aromatic rings. The Balaban J connectivity index is 1.88. The summed E-state index contributed by atoms with van der Waals surface area (Å²) in [6.07, 6.45) is 1.75. The number of carbonyl (C=O) groups is 1. The number of hydrogen-bond donors (Lipinski definition) is 1. The van der Waals surface area contributed by atoms with Crippen LogP contribution in [0.25, 0.3) is 0 Å². The van der Waals surface area contributed by atoms with Gasteiger partial charge >= 0.3 is 0 Å². The molecule has 0 aliphatic rings. The van der Waals surface area contributed by atoms with Crippen molar-refractivity contribution in [3.8, 4) is 0 Å². The lowest BCUT2D eigenvalue weighted by atomic mass is 10.0. The first-order chi connectivity index (χ1) is 9.56. The second-order valence-electron chi connectivity index (χ2n) is 4.72. The molecular weight excluding hydrogens is 288 g/mol. The average Bonchev–Trinajstić information content (AvgIpc) is 2.92. The summed E-state index contributed by atoms with van der Waals surface area (Å²) in [6.45, 7) is 6.19. The number of thiazole rings is 1. The largest absolute Gasteiger partial charge is 0.349 e. The van der Waals surface area contributed by atoms with Crippen LogP contribution in [0.5, 0.6) is 0 Å². The predicted octanol–water partition coefficient (Wildman–Crippen LogP) is 3.73. The molecule has 0 aliphatic heterocycles. The van der Waals surface area contributed by atoms with Crippen LogP contribution in [0.1, 0.15) is 29.7 Å². The number of thioether (sulfide) groups is 1. The molecule has 1 aromatic carbocycles. The summed E-state index contributed by atoms with van der Waals surface area (Å²) >= 11 is 3.03. The molecule has 20 heavy (non-hydrogen) atoms. The van der Waals surface area contributed by atoms with Gasteiger partial charge in [0.05, 0.1) is 11.8 Å². The highest BCUT2D eigenvalue weighted by Gasteiger charge is 2.11. The quantitative estimate of drug-likeness (QED) is 0.856. The second-order valence-corrected chi connectivity index (χ2v) is 6.84. The van der Waals surface area contributed by atoms with Crippen molar-refractivity contribution >= 4 is 29.0 Å². The van der Waals surface area contributed by atoms with Crippen molar-refractivity contribution in [1.82, 2.24) is 10.3 Å². The fourth-order valence-corrected chi connectivity index (χ4v) is 3.26. The first-order valence-corrected chi connectivity index (χ1v) is 8.31. The van der Waals surface area contributed by atoms with Gasteiger partial charge in [-0.3, -0.25) is 4.79 Å². The minimum Gasteiger partial charge on any atom is -0.349 e. The van der Waals surface area contributed by atoms with Crippen molar-refractivity contribution in [3.63, 3.8) is 0 Å². The van der Waals surface area contributed by atoms with E-state index in [0.29, 0.717) is 5.75 Å². The standard InChI is InChI=1S/C15H18N2OS2/c1-10-4-5-13(8-11(10)2)12(3)17-14(18)9-20-15-16-6-7-19-15/h4-8,12H,9H2,1-3H3,(H,17,18). The Morgan fingerprint density at radius 2 is 2.20 bits per heavy atom. The van der Waals surface area contributed by atoms with Gasteiger partial charge in [-0.1, -0.05) is 30.0 Å². The van der Waals surface area contributed by atoms with E-state index in [1.54, 1.807) is 17.5 Å². The lowest BCUT2D eigenvalue weighted by Crippen LogP contribution is -2.28. The minimum atomic E-state index is 0.0266. The number of rotatable bonds is 5. The smallest absolute Gasteiger partial charge is 0.230 e. The van der Waals surface area contributed by atoms with Crippen LogP contribution in [0.3, 0.4) is 0 Å². The topological polar surface area (TPSA) is 42.0 Å². The number of carbonyl (C=O) groups excluding carboxylic acids is 1. The average molecular weight is 306 g/mol. The summed E-state index contributed by atoms with van der Waals surface area (Å²) in [4.78, 5) is 16.1. The highest BCUT2D eigenvalue weighted by molar-refractivity contribution is 8.01. The number of benzene rings is 1. The molecule has 1 atom stereocenters. The van der Waals surface area contributed by atoms with Crippen LogP contribution in [0, 0.1) is 13.8 Å². The molecule has 106 valence electrons. The molecule has 2 rings (SSSR count). The number of nitrogens with one attached hydrogen (secondary N) is 1. The van der Waals surface area contributed by atoms with Gasteiger partial charge in [-0.05, 0) is 37.5 Å². The Morgan fingerprint density at radius 3 is 2.85 bits per heavy atom. The lowest BCUT2D eigenvalue weighted by Gasteiger charge is -2.15. The van der Waals surface area contributed by atoms with Crippen LogP contribution in [0.2, 0.25) is 0 Å². The highest BCUT2D eigenvalue weighted by atomic mass is 32.2. The molecule has 3 nitrogen and oxygen atoms in total. The van der Waals surface area contributed by atoms with Crippen LogP contribution in [0.4, 0.5) is 0 Å². The molecule has 1 unspecified atom stereocenters. The van der Waals surface area contributed by atoms with Crippen molar-refractivity contribution in [2.75, 3.05) is 5.75 Å². The zero-order valence-corrected chi connectivity index (χ0v) is 13.5. The molecule has 0 radical (unpaired) electrons. The van der Waals surface area contributed by atoms with E-state index < -0.39 is 0 Å². The lowest BCUT2D eigenvalue weighted by molar-refractivity contribution is -0.119. The molecule has 0 aliphatic carbocycles. The second kappa shape index (κ2) is 6.90. The monoisotopic (exact) mass is 306 g/mol. The minimum absolute atomic E-state index is 0.0266. The number of aryl methyl sites for hydroxylation is 2. The third-order valence-electron chi connectivity index (χ3n) is 3.14. The summed E-state index contributed by atoms with van der Waals surface area (Å²) in [7, 11) is 0. The number of aromatic nitrogens is 1. The maximum atomic E-state index is 11.9. The molecule has 1 aromatic heterocycles. The summed E-state index contributed by atoms with van der Waals surface area (Å²) in [6, 6.07) is 6.33. The van der Waals surface area contributed by atoms with Gasteiger partial charge in [0.15, 0.2) is 0 Å². The van der Waals surface area contributed by atoms with E-state index in [-0.39, 0.29) is 11.9 Å². The maximum absolute atomic E-state index is 11.9. The van der Waals surface area contributed by atoms with E-state index in [9.17, 15) is 4.79 Å². The van der Waals surface area contributed by atoms with Gasteiger partial charge in [-0.15, -0.1) is 11.3 Å². The van der Waals surface area contributed by atoms with Gasteiger partial charge in [0.1, 0.15) is 4.34 Å². The molecule has 1 amide bonds. The third-order valence-corrected chi connectivity index (χ3v) is 5.11. The Hall–Kier alpha value is -1.33. The van der Waals surface area contributed by atoms with E-state index in [1.165, 1.54) is 22.9 Å². The van der Waals surface area contributed by atoms with E-state index in [4.69, 9.17) is 0 Å². The van der Waals surface area contributed by atoms with E-state index in [0.717, 1.165) is 9.90 Å². The molecule has 1 N–H and O–H groups in total. The highest BCUT2D eigenvalue weighted by Crippen LogP contribution is 2.21. The molecule has 5 heteroatoms. The normalized spacial score (nSPS) is 12.2. The molecule has 0 saturated carbocycles. The van der Waals surface area contributed by atoms with Crippen molar-refractivity contribution in [2.24, 2.45) is 0 Å². The predicted molar refractivity (Wildman–Crippen MR) is 85.3 cm³/mol. The van der Waals surface area contributed by atoms with Crippen LogP contribution in [-0.2, 0) is 4.79 Å². The Labute approximate surface area is 127 Å². The van der Waals surface area contributed by atoms with Gasteiger partial charge in [-0.2, -0.15) is 0 Å². The van der Waals surface area contributed by atoms with Gasteiger partial charge in [0.25, 0.3) is 0 Å². The number of hydrogen-bond acceptors (Lipinski definition) is 4. The molecule has 1 heterocycles. The number of nitrogens with zero attached hydrogens (tertiary/aromatic N) is 1.